The van der Waals surface area contributed by atoms with Crippen molar-refractivity contribution in [3.8, 4) is 0 Å². The first-order valence-corrected chi connectivity index (χ1v) is 9.58. The van der Waals surface area contributed by atoms with E-state index in [9.17, 15) is 4.79 Å². The molecule has 3 aromatic rings. The molecule has 1 aliphatic rings. The Kier molecular flexibility index (Phi) is 5.07. The molecule has 0 unspecified atom stereocenters. The summed E-state index contributed by atoms with van der Waals surface area (Å²) < 4.78 is 0.976. The number of fused-ring (bicyclic) bond motifs is 1. The van der Waals surface area contributed by atoms with Gasteiger partial charge in [0, 0.05) is 36.0 Å². The van der Waals surface area contributed by atoms with Gasteiger partial charge in [-0.25, -0.2) is 9.78 Å². The van der Waals surface area contributed by atoms with Crippen LogP contribution in [0.4, 0.5) is 22.0 Å². The summed E-state index contributed by atoms with van der Waals surface area (Å²) >= 11 is 3.41. The molecule has 0 saturated carbocycles. The Balaban J connectivity index is 1.55. The predicted molar refractivity (Wildman–Crippen MR) is 112 cm³/mol. The van der Waals surface area contributed by atoms with Gasteiger partial charge in [-0.1, -0.05) is 46.3 Å². The predicted octanol–water partition coefficient (Wildman–Crippen LogP) is 4.90. The number of nitrogens with one attached hydrogen (secondary N) is 1. The van der Waals surface area contributed by atoms with Gasteiger partial charge < -0.3 is 10.2 Å². The van der Waals surface area contributed by atoms with Crippen LogP contribution < -0.4 is 15.1 Å². The van der Waals surface area contributed by atoms with Crippen molar-refractivity contribution in [3.63, 3.8) is 0 Å². The fraction of sp³-hybridized carbons (Fsp3) is 0.143. The van der Waals surface area contributed by atoms with Crippen LogP contribution >= 0.6 is 15.9 Å². The average molecular weight is 423 g/mol. The molecular weight excluding hydrogens is 404 g/mol. The second-order valence-electron chi connectivity index (χ2n) is 6.34. The van der Waals surface area contributed by atoms with Gasteiger partial charge in [-0.05, 0) is 42.0 Å². The minimum absolute atomic E-state index is 0.147. The van der Waals surface area contributed by atoms with Gasteiger partial charge in [-0.3, -0.25) is 4.90 Å². The molecule has 0 fully saturated rings. The molecule has 6 heteroatoms. The molecule has 1 aromatic heterocycles. The molecule has 0 atom stereocenters. The number of carbonyl (C=O) groups is 1. The van der Waals surface area contributed by atoms with Crippen molar-refractivity contribution in [3.05, 3.63) is 83.0 Å². The maximum atomic E-state index is 12.8. The number of benzene rings is 2. The molecule has 0 spiro atoms. The number of nitrogens with zero attached hydrogens (tertiary/aromatic N) is 3. The highest BCUT2D eigenvalue weighted by atomic mass is 79.9. The zero-order chi connectivity index (χ0) is 18.6. The van der Waals surface area contributed by atoms with E-state index in [2.05, 4.69) is 43.3 Å². The lowest BCUT2D eigenvalue weighted by molar-refractivity contribution is 0.256. The van der Waals surface area contributed by atoms with Crippen LogP contribution in [0.15, 0.2) is 77.4 Å². The van der Waals surface area contributed by atoms with Gasteiger partial charge >= 0.3 is 6.03 Å². The molecule has 2 aromatic carbocycles. The summed E-state index contributed by atoms with van der Waals surface area (Å²) in [5, 5.41) is 2.96. The maximum absolute atomic E-state index is 12.8. The highest BCUT2D eigenvalue weighted by Crippen LogP contribution is 2.32. The Hall–Kier alpha value is -2.86. The number of aromatic nitrogens is 1. The molecule has 2 heterocycles. The second kappa shape index (κ2) is 7.80. The van der Waals surface area contributed by atoms with Crippen molar-refractivity contribution in [1.82, 2.24) is 4.98 Å². The Morgan fingerprint density at radius 1 is 1.00 bits per heavy atom. The third-order valence-corrected chi connectivity index (χ3v) is 5.04. The number of halogens is 1. The smallest absolute Gasteiger partial charge is 0.326 e. The minimum atomic E-state index is -0.147. The van der Waals surface area contributed by atoms with E-state index in [4.69, 9.17) is 0 Å². The van der Waals surface area contributed by atoms with E-state index in [0.717, 1.165) is 34.8 Å². The van der Waals surface area contributed by atoms with Crippen molar-refractivity contribution in [2.45, 2.75) is 6.54 Å². The van der Waals surface area contributed by atoms with Gasteiger partial charge in [0.2, 0.25) is 0 Å². The maximum Gasteiger partial charge on any atom is 0.326 e. The summed E-state index contributed by atoms with van der Waals surface area (Å²) in [4.78, 5) is 21.4. The van der Waals surface area contributed by atoms with Gasteiger partial charge in [0.1, 0.15) is 0 Å². The third kappa shape index (κ3) is 3.95. The molecule has 0 bridgehead atoms. The Bertz CT molecular complexity index is 930. The van der Waals surface area contributed by atoms with E-state index in [1.54, 1.807) is 11.1 Å². The molecule has 27 heavy (non-hydrogen) atoms. The average Bonchev–Trinajstić information content (AvgIpc) is 2.71. The first kappa shape index (κ1) is 17.5. The molecule has 4 rings (SSSR count). The van der Waals surface area contributed by atoms with Crippen molar-refractivity contribution in [2.75, 3.05) is 28.2 Å². The fourth-order valence-electron chi connectivity index (χ4n) is 3.18. The fourth-order valence-corrected chi connectivity index (χ4v) is 3.45. The standard InChI is InChI=1S/C21H19BrN4O/c22-17-8-10-18(11-9-17)24-21(27)26-14-13-25(15-16-5-2-1-3-6-16)20-19(26)7-4-12-23-20/h1-12H,13-15H2,(H,24,27). The van der Waals surface area contributed by atoms with Gasteiger partial charge in [0.05, 0.1) is 5.69 Å². The number of carbonyl (C=O) groups excluding carboxylic acids is 1. The summed E-state index contributed by atoms with van der Waals surface area (Å²) in [6.45, 7) is 2.10. The first-order chi connectivity index (χ1) is 13.2. The molecule has 1 aliphatic heterocycles. The van der Waals surface area contributed by atoms with Crippen LogP contribution in [0.25, 0.3) is 0 Å². The molecule has 5 nitrogen and oxygen atoms in total. The summed E-state index contributed by atoms with van der Waals surface area (Å²) in [5.41, 5.74) is 2.82. The monoisotopic (exact) mass is 422 g/mol. The first-order valence-electron chi connectivity index (χ1n) is 8.79. The topological polar surface area (TPSA) is 48.5 Å². The Labute approximate surface area is 166 Å². The molecule has 136 valence electrons. The summed E-state index contributed by atoms with van der Waals surface area (Å²) in [7, 11) is 0. The van der Waals surface area contributed by atoms with E-state index in [1.807, 2.05) is 54.6 Å². The van der Waals surface area contributed by atoms with Gasteiger partial charge in [0.25, 0.3) is 0 Å². The van der Waals surface area contributed by atoms with E-state index >= 15 is 0 Å². The van der Waals surface area contributed by atoms with E-state index < -0.39 is 0 Å². The van der Waals surface area contributed by atoms with Gasteiger partial charge in [-0.2, -0.15) is 0 Å². The highest BCUT2D eigenvalue weighted by Gasteiger charge is 2.27. The number of pyridine rings is 1. The summed E-state index contributed by atoms with van der Waals surface area (Å²) in [6.07, 6.45) is 1.77. The largest absolute Gasteiger partial charge is 0.349 e. The Morgan fingerprint density at radius 3 is 2.56 bits per heavy atom. The van der Waals surface area contributed by atoms with E-state index in [0.29, 0.717) is 6.54 Å². The summed E-state index contributed by atoms with van der Waals surface area (Å²) in [6, 6.07) is 21.5. The van der Waals surface area contributed by atoms with Crippen molar-refractivity contribution in [2.24, 2.45) is 0 Å². The number of urea groups is 1. The molecule has 0 radical (unpaired) electrons. The lowest BCUT2D eigenvalue weighted by Gasteiger charge is -2.36. The SMILES string of the molecule is O=C(Nc1ccc(Br)cc1)N1CCN(Cc2ccccc2)c2ncccc21. The van der Waals surface area contributed by atoms with Crippen molar-refractivity contribution >= 4 is 39.2 Å². The number of amides is 2. The number of hydrogen-bond donors (Lipinski definition) is 1. The third-order valence-electron chi connectivity index (χ3n) is 4.51. The lowest BCUT2D eigenvalue weighted by atomic mass is 10.2. The van der Waals surface area contributed by atoms with Crippen LogP contribution in [0.2, 0.25) is 0 Å². The Morgan fingerprint density at radius 2 is 1.78 bits per heavy atom. The van der Waals surface area contributed by atoms with Crippen LogP contribution in [0.5, 0.6) is 0 Å². The zero-order valence-electron chi connectivity index (χ0n) is 14.7. The lowest BCUT2D eigenvalue weighted by Crippen LogP contribution is -2.46. The van der Waals surface area contributed by atoms with Crippen LogP contribution in [-0.2, 0) is 6.54 Å². The number of hydrogen-bond acceptors (Lipinski definition) is 3. The minimum Gasteiger partial charge on any atom is -0.349 e. The number of rotatable bonds is 3. The molecule has 0 saturated heterocycles. The quantitative estimate of drug-likeness (QED) is 0.652. The van der Waals surface area contributed by atoms with Crippen LogP contribution in [0, 0.1) is 0 Å². The van der Waals surface area contributed by atoms with Crippen LogP contribution in [-0.4, -0.2) is 24.1 Å². The highest BCUT2D eigenvalue weighted by molar-refractivity contribution is 9.10. The van der Waals surface area contributed by atoms with Crippen LogP contribution in [0.1, 0.15) is 5.56 Å². The van der Waals surface area contributed by atoms with Gasteiger partial charge in [-0.15, -0.1) is 0 Å². The van der Waals surface area contributed by atoms with Crippen LogP contribution in [0.3, 0.4) is 0 Å². The van der Waals surface area contributed by atoms with E-state index in [-0.39, 0.29) is 6.03 Å². The molecule has 1 N–H and O–H groups in total. The molecular formula is C21H19BrN4O. The zero-order valence-corrected chi connectivity index (χ0v) is 16.3. The summed E-state index contributed by atoms with van der Waals surface area (Å²) in [5.74, 6) is 0.832. The second-order valence-corrected chi connectivity index (χ2v) is 7.26. The van der Waals surface area contributed by atoms with Gasteiger partial charge in [0.15, 0.2) is 5.82 Å². The molecule has 2 amide bonds. The molecule has 0 aliphatic carbocycles. The normalized spacial score (nSPS) is 13.2. The number of anilines is 3. The van der Waals surface area contributed by atoms with Crippen molar-refractivity contribution < 1.29 is 4.79 Å². The van der Waals surface area contributed by atoms with E-state index in [1.165, 1.54) is 5.56 Å². The van der Waals surface area contributed by atoms with Crippen molar-refractivity contribution in [1.29, 1.82) is 0 Å².